The summed E-state index contributed by atoms with van der Waals surface area (Å²) in [5.41, 5.74) is 0. The number of hydrogen-bond donors (Lipinski definition) is 4. The molecule has 0 bridgehead atoms. The Morgan fingerprint density at radius 2 is 0.867 bits per heavy atom. The topological polar surface area (TPSA) is 132 Å². The van der Waals surface area contributed by atoms with Crippen LogP contribution in [0.5, 0.6) is 0 Å². The van der Waals surface area contributed by atoms with Gasteiger partial charge in [-0.2, -0.15) is 8.42 Å². The molecule has 14 heteroatoms. The van der Waals surface area contributed by atoms with E-state index >= 15 is 0 Å². The van der Waals surface area contributed by atoms with Crippen LogP contribution in [0, 0.1) is 0 Å². The van der Waals surface area contributed by atoms with E-state index in [0.29, 0.717) is 0 Å². The van der Waals surface area contributed by atoms with Gasteiger partial charge in [0.25, 0.3) is 0 Å². The molecule has 4 N–H and O–H groups in total. The SMILES string of the molecule is Cl.O=C(O)O.O=S(=O)(O)O.[Na+].[Na+].[Na+].[Na+].[S-2]. The van der Waals surface area contributed by atoms with E-state index in [1.54, 1.807) is 0 Å². The van der Waals surface area contributed by atoms with Crippen molar-refractivity contribution in [2.24, 2.45) is 0 Å². The molecule has 0 fully saturated rings. The van der Waals surface area contributed by atoms with Crippen molar-refractivity contribution in [1.82, 2.24) is 0 Å². The average molecular weight is 321 g/mol. The summed E-state index contributed by atoms with van der Waals surface area (Å²) >= 11 is 0. The van der Waals surface area contributed by atoms with Crippen LogP contribution in [0.25, 0.3) is 0 Å². The van der Waals surface area contributed by atoms with Crippen molar-refractivity contribution in [1.29, 1.82) is 0 Å². The van der Waals surface area contributed by atoms with Crippen LogP contribution >= 0.6 is 12.4 Å². The van der Waals surface area contributed by atoms with E-state index in [1.807, 2.05) is 0 Å². The molecule has 0 aliphatic rings. The van der Waals surface area contributed by atoms with Crippen molar-refractivity contribution in [3.8, 4) is 0 Å². The van der Waals surface area contributed by atoms with Crippen LogP contribution < -0.4 is 118 Å². The second-order valence-electron chi connectivity index (χ2n) is 0.730. The Morgan fingerprint density at radius 1 is 0.867 bits per heavy atom. The quantitative estimate of drug-likeness (QED) is 0.257. The van der Waals surface area contributed by atoms with Gasteiger partial charge in [-0.05, 0) is 0 Å². The first-order valence-electron chi connectivity index (χ1n) is 1.35. The second-order valence-corrected chi connectivity index (χ2v) is 1.63. The van der Waals surface area contributed by atoms with Crippen LogP contribution in [-0.4, -0.2) is 33.9 Å². The second kappa shape index (κ2) is 30.7. The Hall–Kier alpha value is 3.78. The van der Waals surface area contributed by atoms with Crippen LogP contribution in [0.15, 0.2) is 0 Å². The molecule has 0 rings (SSSR count). The summed E-state index contributed by atoms with van der Waals surface area (Å²) in [4.78, 5) is 8.56. The van der Waals surface area contributed by atoms with Gasteiger partial charge in [0.15, 0.2) is 0 Å². The first-order valence-corrected chi connectivity index (χ1v) is 2.75. The summed E-state index contributed by atoms with van der Waals surface area (Å²) < 4.78 is 31.6. The molecule has 0 heterocycles. The van der Waals surface area contributed by atoms with Gasteiger partial charge < -0.3 is 23.7 Å². The van der Waals surface area contributed by atoms with Gasteiger partial charge in [0.05, 0.1) is 0 Å². The molecule has 15 heavy (non-hydrogen) atoms. The Morgan fingerprint density at radius 3 is 0.867 bits per heavy atom. The fraction of sp³-hybridized carbons (Fsp3) is 0. The minimum absolute atomic E-state index is 0. The summed E-state index contributed by atoms with van der Waals surface area (Å²) in [6, 6.07) is 0. The molecule has 0 atom stereocenters. The third-order valence-corrected chi connectivity index (χ3v) is 0. The fourth-order valence-corrected chi connectivity index (χ4v) is 0. The third kappa shape index (κ3) is 310. The van der Waals surface area contributed by atoms with Gasteiger partial charge in [-0.1, -0.05) is 0 Å². The smallest absolute Gasteiger partial charge is 1.00 e. The number of carboxylic acid groups (broad SMARTS) is 2. The van der Waals surface area contributed by atoms with E-state index in [4.69, 9.17) is 32.5 Å². The van der Waals surface area contributed by atoms with Crippen molar-refractivity contribution < 1.29 is 151 Å². The van der Waals surface area contributed by atoms with Crippen molar-refractivity contribution in [2.45, 2.75) is 0 Å². The maximum atomic E-state index is 8.74. The van der Waals surface area contributed by atoms with Gasteiger partial charge in [0, 0.05) is 0 Å². The molecule has 0 aliphatic heterocycles. The zero-order valence-electron chi connectivity index (χ0n) is 8.74. The van der Waals surface area contributed by atoms with Gasteiger partial charge in [-0.15, -0.1) is 12.4 Å². The molecule has 0 aromatic carbocycles. The predicted molar refractivity (Wildman–Crippen MR) is 39.4 cm³/mol. The van der Waals surface area contributed by atoms with E-state index in [9.17, 15) is 0 Å². The minimum atomic E-state index is -4.67. The first kappa shape index (κ1) is 51.1. The van der Waals surface area contributed by atoms with Gasteiger partial charge in [-0.3, -0.25) is 9.11 Å². The number of hydrogen-bond acceptors (Lipinski definition) is 3. The zero-order valence-corrected chi connectivity index (χ0v) is 19.2. The van der Waals surface area contributed by atoms with Crippen molar-refractivity contribution >= 4 is 42.5 Å². The Labute approximate surface area is 189 Å². The van der Waals surface area contributed by atoms with E-state index in [2.05, 4.69) is 0 Å². The van der Waals surface area contributed by atoms with Crippen molar-refractivity contribution in [2.75, 3.05) is 0 Å². The van der Waals surface area contributed by atoms with Gasteiger partial charge in [0.2, 0.25) is 0 Å². The van der Waals surface area contributed by atoms with Crippen LogP contribution in [0.2, 0.25) is 0 Å². The van der Waals surface area contributed by atoms with Crippen LogP contribution in [0.3, 0.4) is 0 Å². The first-order chi connectivity index (χ1) is 3.73. The molecule has 0 aliphatic carbocycles. The maximum absolute atomic E-state index is 8.74. The molecule has 0 unspecified atom stereocenters. The summed E-state index contributed by atoms with van der Waals surface area (Å²) in [5.74, 6) is 0. The molecule has 0 saturated carbocycles. The molecular formula is CH5ClNa4O7S2+2. The van der Waals surface area contributed by atoms with Gasteiger partial charge in [0.1, 0.15) is 0 Å². The third-order valence-electron chi connectivity index (χ3n) is 0. The molecule has 0 saturated heterocycles. The van der Waals surface area contributed by atoms with Gasteiger partial charge in [-0.25, -0.2) is 4.79 Å². The van der Waals surface area contributed by atoms with E-state index in [1.165, 1.54) is 0 Å². The Bertz CT molecular complexity index is 171. The van der Waals surface area contributed by atoms with Gasteiger partial charge >= 0.3 is 135 Å². The predicted octanol–water partition coefficient (Wildman–Crippen LogP) is -12.0. The molecule has 0 radical (unpaired) electrons. The van der Waals surface area contributed by atoms with Crippen LogP contribution in [0.1, 0.15) is 0 Å². The maximum Gasteiger partial charge on any atom is 1.00 e. The Kier molecular flexibility index (Phi) is 104. The number of rotatable bonds is 0. The standard InChI is InChI=1S/CH2O3.ClH.4Na.H2O4S.S/c2-1(3)4;;;;;;1-5(2,3)4;/h(H2,2,3,4);1H;;;;;(H2,1,2,3,4);/q;;4*+1;;-2. The molecule has 0 aromatic rings. The molecule has 0 spiro atoms. The fourth-order valence-electron chi connectivity index (χ4n) is 0. The molecule has 72 valence electrons. The number of halogens is 1. The molecule has 7 nitrogen and oxygen atoms in total. The summed E-state index contributed by atoms with van der Waals surface area (Å²) in [5, 5.41) is 13.9. The van der Waals surface area contributed by atoms with Crippen molar-refractivity contribution in [3.63, 3.8) is 0 Å². The van der Waals surface area contributed by atoms with E-state index < -0.39 is 16.6 Å². The molecule has 0 amide bonds. The van der Waals surface area contributed by atoms with Crippen molar-refractivity contribution in [3.05, 3.63) is 0 Å². The normalized spacial score (nSPS) is 5.47. The van der Waals surface area contributed by atoms with Crippen LogP contribution in [-0.2, 0) is 23.9 Å². The Balaban J connectivity index is -0.00000000785. The summed E-state index contributed by atoms with van der Waals surface area (Å²) in [6.07, 6.45) is -1.83. The monoisotopic (exact) mass is 320 g/mol. The average Bonchev–Trinajstić information content (AvgIpc) is 1.19. The molecular weight excluding hydrogens is 316 g/mol. The van der Waals surface area contributed by atoms with E-state index in [0.717, 1.165) is 0 Å². The summed E-state index contributed by atoms with van der Waals surface area (Å²) in [7, 11) is -4.67. The molecule has 0 aromatic heterocycles. The number of carbonyl (C=O) groups is 1. The largest absolute Gasteiger partial charge is 2.00 e. The minimum Gasteiger partial charge on any atom is -2.00 e. The summed E-state index contributed by atoms with van der Waals surface area (Å²) in [6.45, 7) is 0. The van der Waals surface area contributed by atoms with E-state index in [-0.39, 0.29) is 144 Å². The van der Waals surface area contributed by atoms with Crippen LogP contribution in [0.4, 0.5) is 4.79 Å². The zero-order chi connectivity index (χ0) is 8.08.